The molecule has 1 aliphatic rings. The Kier molecular flexibility index (Phi) is 5.27. The van der Waals surface area contributed by atoms with Gasteiger partial charge in [-0.1, -0.05) is 0 Å². The number of nitrogens with one attached hydrogen (secondary N) is 1. The number of carbonyl (C=O) groups excluding carboxylic acids is 1. The van der Waals surface area contributed by atoms with Crippen molar-refractivity contribution in [1.82, 2.24) is 4.98 Å². The smallest absolute Gasteiger partial charge is 0.250 e. The van der Waals surface area contributed by atoms with Crippen LogP contribution < -0.4 is 5.32 Å². The molecule has 8 heteroatoms. The highest BCUT2D eigenvalue weighted by atomic mass is 32.2. The Morgan fingerprint density at radius 3 is 3.05 bits per heavy atom. The van der Waals surface area contributed by atoms with E-state index >= 15 is 0 Å². The molecule has 1 saturated heterocycles. The van der Waals surface area contributed by atoms with E-state index in [2.05, 4.69) is 10.3 Å². The Hall–Kier alpha value is -1.51. The second-order valence-corrected chi connectivity index (χ2v) is 6.82. The molecule has 21 heavy (non-hydrogen) atoms. The zero-order valence-corrected chi connectivity index (χ0v) is 12.6. The van der Waals surface area contributed by atoms with Gasteiger partial charge in [-0.2, -0.15) is 0 Å². The molecule has 0 spiro atoms. The number of ether oxygens (including phenoxy) is 2. The summed E-state index contributed by atoms with van der Waals surface area (Å²) >= 11 is 0. The first kappa shape index (κ1) is 15.9. The number of anilines is 1. The minimum atomic E-state index is -3.40. The van der Waals surface area contributed by atoms with Crippen molar-refractivity contribution in [2.75, 3.05) is 31.4 Å². The van der Waals surface area contributed by atoms with Crippen LogP contribution in [-0.4, -0.2) is 51.5 Å². The van der Waals surface area contributed by atoms with Crippen LogP contribution in [0.15, 0.2) is 23.4 Å². The maximum absolute atomic E-state index is 11.7. The Morgan fingerprint density at radius 1 is 1.57 bits per heavy atom. The summed E-state index contributed by atoms with van der Waals surface area (Å²) in [6.07, 6.45) is 4.43. The highest BCUT2D eigenvalue weighted by molar-refractivity contribution is 7.90. The molecule has 0 aliphatic carbocycles. The van der Waals surface area contributed by atoms with Crippen LogP contribution >= 0.6 is 0 Å². The van der Waals surface area contributed by atoms with Crippen molar-refractivity contribution in [2.45, 2.75) is 24.0 Å². The minimum absolute atomic E-state index is 0.0653. The third-order valence-electron chi connectivity index (χ3n) is 2.96. The van der Waals surface area contributed by atoms with E-state index < -0.39 is 9.84 Å². The molecule has 1 aromatic heterocycles. The largest absolute Gasteiger partial charge is 0.376 e. The predicted octanol–water partition coefficient (Wildman–Crippen LogP) is 0.619. The number of pyridine rings is 1. The zero-order chi connectivity index (χ0) is 15.3. The van der Waals surface area contributed by atoms with Gasteiger partial charge in [0.25, 0.3) is 0 Å². The Labute approximate surface area is 123 Å². The second kappa shape index (κ2) is 6.97. The standard InChI is InChI=1S/C13H18N2O5S/c1-21(17,18)13-7-10(4-5-14-13)15-12(16)9-19-8-11-3-2-6-20-11/h4-5,7,11H,2-3,6,8-9H2,1H3,(H,14,15,16). The summed E-state index contributed by atoms with van der Waals surface area (Å²) in [6, 6.07) is 2.83. The average Bonchev–Trinajstić information content (AvgIpc) is 2.91. The van der Waals surface area contributed by atoms with Gasteiger partial charge in [0, 0.05) is 24.7 Å². The summed E-state index contributed by atoms with van der Waals surface area (Å²) in [7, 11) is -3.40. The van der Waals surface area contributed by atoms with Crippen LogP contribution in [0.4, 0.5) is 5.69 Å². The molecule has 1 aromatic rings. The number of rotatable bonds is 6. The van der Waals surface area contributed by atoms with Crippen LogP contribution in [0.2, 0.25) is 0 Å². The fourth-order valence-electron chi connectivity index (χ4n) is 1.95. The average molecular weight is 314 g/mol. The summed E-state index contributed by atoms with van der Waals surface area (Å²) in [6.45, 7) is 1.03. The van der Waals surface area contributed by atoms with Gasteiger partial charge in [-0.25, -0.2) is 13.4 Å². The van der Waals surface area contributed by atoms with Crippen molar-refractivity contribution >= 4 is 21.4 Å². The summed E-state index contributed by atoms with van der Waals surface area (Å²) in [5.41, 5.74) is 0.371. The lowest BCUT2D eigenvalue weighted by Crippen LogP contribution is -2.22. The van der Waals surface area contributed by atoms with Crippen molar-refractivity contribution < 1.29 is 22.7 Å². The van der Waals surface area contributed by atoms with Crippen molar-refractivity contribution in [3.63, 3.8) is 0 Å². The summed E-state index contributed by atoms with van der Waals surface area (Å²) < 4.78 is 33.4. The van der Waals surface area contributed by atoms with Gasteiger partial charge in [0.1, 0.15) is 6.61 Å². The van der Waals surface area contributed by atoms with E-state index in [1.165, 1.54) is 18.3 Å². The number of amides is 1. The molecule has 1 unspecified atom stereocenters. The highest BCUT2D eigenvalue weighted by Gasteiger charge is 2.16. The van der Waals surface area contributed by atoms with E-state index in [1.807, 2.05) is 0 Å². The first-order valence-electron chi connectivity index (χ1n) is 6.60. The number of nitrogens with zero attached hydrogens (tertiary/aromatic N) is 1. The molecule has 1 fully saturated rings. The molecule has 2 heterocycles. The third-order valence-corrected chi connectivity index (χ3v) is 3.94. The lowest BCUT2D eigenvalue weighted by Gasteiger charge is -2.10. The molecule has 116 valence electrons. The molecule has 2 rings (SSSR count). The van der Waals surface area contributed by atoms with Gasteiger partial charge in [-0.3, -0.25) is 4.79 Å². The lowest BCUT2D eigenvalue weighted by molar-refractivity contribution is -0.121. The van der Waals surface area contributed by atoms with E-state index in [4.69, 9.17) is 9.47 Å². The van der Waals surface area contributed by atoms with Crippen LogP contribution in [0.3, 0.4) is 0 Å². The minimum Gasteiger partial charge on any atom is -0.376 e. The molecular weight excluding hydrogens is 296 g/mol. The van der Waals surface area contributed by atoms with Crippen molar-refractivity contribution in [2.24, 2.45) is 0 Å². The van der Waals surface area contributed by atoms with E-state index in [0.717, 1.165) is 25.7 Å². The van der Waals surface area contributed by atoms with Crippen LogP contribution in [0, 0.1) is 0 Å². The zero-order valence-electron chi connectivity index (χ0n) is 11.7. The van der Waals surface area contributed by atoms with E-state index in [-0.39, 0.29) is 23.6 Å². The fraction of sp³-hybridized carbons (Fsp3) is 0.538. The van der Waals surface area contributed by atoms with Crippen molar-refractivity contribution in [1.29, 1.82) is 0 Å². The van der Waals surface area contributed by atoms with Crippen LogP contribution in [-0.2, 0) is 24.1 Å². The Balaban J connectivity index is 1.82. The van der Waals surface area contributed by atoms with Gasteiger partial charge in [-0.05, 0) is 25.0 Å². The molecule has 0 bridgehead atoms. The molecule has 0 aromatic carbocycles. The number of hydrogen-bond acceptors (Lipinski definition) is 6. The van der Waals surface area contributed by atoms with Gasteiger partial charge < -0.3 is 14.8 Å². The van der Waals surface area contributed by atoms with Gasteiger partial charge in [0.2, 0.25) is 5.91 Å². The number of carbonyl (C=O) groups is 1. The summed E-state index contributed by atoms with van der Waals surface area (Å²) in [5, 5.41) is 2.49. The van der Waals surface area contributed by atoms with Crippen LogP contribution in [0.1, 0.15) is 12.8 Å². The monoisotopic (exact) mass is 314 g/mol. The molecule has 1 amide bonds. The first-order chi connectivity index (χ1) is 9.95. The normalized spacial score (nSPS) is 18.6. The van der Waals surface area contributed by atoms with Gasteiger partial charge in [0.15, 0.2) is 14.9 Å². The second-order valence-electron chi connectivity index (χ2n) is 4.85. The highest BCUT2D eigenvalue weighted by Crippen LogP contribution is 2.13. The molecular formula is C13H18N2O5S. The van der Waals surface area contributed by atoms with E-state index in [1.54, 1.807) is 0 Å². The first-order valence-corrected chi connectivity index (χ1v) is 8.49. The van der Waals surface area contributed by atoms with Gasteiger partial charge in [0.05, 0.1) is 12.7 Å². The SMILES string of the molecule is CS(=O)(=O)c1cc(NC(=O)COCC2CCCO2)ccn1. The molecule has 7 nitrogen and oxygen atoms in total. The van der Waals surface area contributed by atoms with Gasteiger partial charge in [-0.15, -0.1) is 0 Å². The fourth-order valence-corrected chi connectivity index (χ4v) is 2.54. The third kappa shape index (κ3) is 5.07. The molecule has 1 aliphatic heterocycles. The van der Waals surface area contributed by atoms with Crippen molar-refractivity contribution in [3.05, 3.63) is 18.3 Å². The maximum Gasteiger partial charge on any atom is 0.250 e. The number of sulfone groups is 1. The van der Waals surface area contributed by atoms with Crippen LogP contribution in [0.5, 0.6) is 0 Å². The molecule has 1 atom stereocenters. The Bertz CT molecular complexity index is 596. The summed E-state index contributed by atoms with van der Waals surface area (Å²) in [4.78, 5) is 15.4. The topological polar surface area (TPSA) is 94.6 Å². The van der Waals surface area contributed by atoms with Crippen LogP contribution in [0.25, 0.3) is 0 Å². The van der Waals surface area contributed by atoms with E-state index in [9.17, 15) is 13.2 Å². The Morgan fingerprint density at radius 2 is 2.38 bits per heavy atom. The van der Waals surface area contributed by atoms with Crippen molar-refractivity contribution in [3.8, 4) is 0 Å². The summed E-state index contributed by atoms with van der Waals surface area (Å²) in [5.74, 6) is -0.348. The molecule has 0 radical (unpaired) electrons. The predicted molar refractivity (Wildman–Crippen MR) is 75.8 cm³/mol. The number of aromatic nitrogens is 1. The molecule has 1 N–H and O–H groups in total. The number of hydrogen-bond donors (Lipinski definition) is 1. The van der Waals surface area contributed by atoms with Gasteiger partial charge >= 0.3 is 0 Å². The molecule has 0 saturated carbocycles. The quantitative estimate of drug-likeness (QED) is 0.827. The maximum atomic E-state index is 11.7. The van der Waals surface area contributed by atoms with E-state index in [0.29, 0.717) is 12.3 Å². The lowest BCUT2D eigenvalue weighted by atomic mass is 10.2.